The zero-order chi connectivity index (χ0) is 15.1. The van der Waals surface area contributed by atoms with Gasteiger partial charge in [0.1, 0.15) is 10.3 Å². The van der Waals surface area contributed by atoms with Crippen molar-refractivity contribution in [1.82, 2.24) is 0 Å². The molecule has 0 saturated heterocycles. The van der Waals surface area contributed by atoms with Crippen molar-refractivity contribution in [3.05, 3.63) is 50.6 Å². The standard InChI is InChI=1S/C10H6N2O7S/c13-11(14)7-3-1-2-6-9(20(17,18)19)5-4-8(10(6)7)12(15)16/h1-5H,(H,17,18,19). The zero-order valence-electron chi connectivity index (χ0n) is 9.59. The van der Waals surface area contributed by atoms with Crippen molar-refractivity contribution < 1.29 is 22.8 Å². The summed E-state index contributed by atoms with van der Waals surface area (Å²) in [7, 11) is -4.66. The minimum Gasteiger partial charge on any atom is -0.282 e. The lowest BCUT2D eigenvalue weighted by Crippen LogP contribution is -2.02. The molecule has 0 aromatic heterocycles. The summed E-state index contributed by atoms with van der Waals surface area (Å²) in [5.41, 5.74) is -1.22. The summed E-state index contributed by atoms with van der Waals surface area (Å²) in [6.07, 6.45) is 0. The second-order valence-corrected chi connectivity index (χ2v) is 5.16. The van der Waals surface area contributed by atoms with E-state index in [4.69, 9.17) is 4.55 Å². The van der Waals surface area contributed by atoms with E-state index in [2.05, 4.69) is 0 Å². The van der Waals surface area contributed by atoms with Crippen LogP contribution in [0.4, 0.5) is 11.4 Å². The Morgan fingerprint density at radius 3 is 2.00 bits per heavy atom. The third-order valence-corrected chi connectivity index (χ3v) is 3.54. The van der Waals surface area contributed by atoms with E-state index in [1.807, 2.05) is 0 Å². The highest BCUT2D eigenvalue weighted by atomic mass is 32.2. The molecule has 0 unspecified atom stereocenters. The van der Waals surface area contributed by atoms with Gasteiger partial charge in [-0.25, -0.2) is 0 Å². The highest BCUT2D eigenvalue weighted by Crippen LogP contribution is 2.36. The molecular weight excluding hydrogens is 292 g/mol. The predicted molar refractivity (Wildman–Crippen MR) is 67.1 cm³/mol. The van der Waals surface area contributed by atoms with Crippen LogP contribution < -0.4 is 0 Å². The smallest absolute Gasteiger partial charge is 0.282 e. The van der Waals surface area contributed by atoms with E-state index < -0.39 is 41.6 Å². The summed E-state index contributed by atoms with van der Waals surface area (Å²) < 4.78 is 31.5. The van der Waals surface area contributed by atoms with Gasteiger partial charge >= 0.3 is 0 Å². The Morgan fingerprint density at radius 2 is 1.50 bits per heavy atom. The van der Waals surface area contributed by atoms with Gasteiger partial charge in [-0.05, 0) is 6.07 Å². The Hall–Kier alpha value is -2.59. The molecule has 9 nitrogen and oxygen atoms in total. The number of nitro groups is 2. The van der Waals surface area contributed by atoms with E-state index in [-0.39, 0.29) is 5.39 Å². The van der Waals surface area contributed by atoms with Gasteiger partial charge in [0.25, 0.3) is 21.5 Å². The molecule has 0 amide bonds. The number of hydrogen-bond acceptors (Lipinski definition) is 6. The molecule has 0 heterocycles. The molecule has 0 bridgehead atoms. The topological polar surface area (TPSA) is 141 Å². The molecule has 20 heavy (non-hydrogen) atoms. The van der Waals surface area contributed by atoms with E-state index in [9.17, 15) is 28.6 Å². The third-order valence-electron chi connectivity index (χ3n) is 2.63. The van der Waals surface area contributed by atoms with Gasteiger partial charge in [0.15, 0.2) is 0 Å². The molecule has 0 radical (unpaired) electrons. The first-order valence-electron chi connectivity index (χ1n) is 5.05. The first-order valence-corrected chi connectivity index (χ1v) is 6.49. The first-order chi connectivity index (χ1) is 9.23. The summed E-state index contributed by atoms with van der Waals surface area (Å²) in [6.45, 7) is 0. The van der Waals surface area contributed by atoms with Crippen molar-refractivity contribution in [3.63, 3.8) is 0 Å². The Morgan fingerprint density at radius 1 is 0.950 bits per heavy atom. The normalized spacial score (nSPS) is 11.4. The van der Waals surface area contributed by atoms with Crippen molar-refractivity contribution in [2.45, 2.75) is 4.90 Å². The number of nitro benzene ring substituents is 2. The maximum Gasteiger partial charge on any atom is 0.295 e. The lowest BCUT2D eigenvalue weighted by molar-refractivity contribution is -0.390. The summed E-state index contributed by atoms with van der Waals surface area (Å²) >= 11 is 0. The Bertz CT molecular complexity index is 824. The number of hydrogen-bond donors (Lipinski definition) is 1. The van der Waals surface area contributed by atoms with Gasteiger partial charge in [-0.3, -0.25) is 24.8 Å². The zero-order valence-corrected chi connectivity index (χ0v) is 10.4. The van der Waals surface area contributed by atoms with Crippen molar-refractivity contribution in [2.24, 2.45) is 0 Å². The van der Waals surface area contributed by atoms with Gasteiger partial charge in [-0.2, -0.15) is 8.42 Å². The van der Waals surface area contributed by atoms with Gasteiger partial charge < -0.3 is 0 Å². The van der Waals surface area contributed by atoms with Crippen LogP contribution in [0.25, 0.3) is 10.8 Å². The number of nitrogens with zero attached hydrogens (tertiary/aromatic N) is 2. The van der Waals surface area contributed by atoms with Crippen LogP contribution in [0.1, 0.15) is 0 Å². The van der Waals surface area contributed by atoms with Crippen molar-refractivity contribution in [2.75, 3.05) is 0 Å². The van der Waals surface area contributed by atoms with Crippen LogP contribution in [-0.2, 0) is 10.1 Å². The number of rotatable bonds is 3. The van der Waals surface area contributed by atoms with Gasteiger partial charge in [0.2, 0.25) is 0 Å². The van der Waals surface area contributed by atoms with Crippen LogP contribution in [0.3, 0.4) is 0 Å². The summed E-state index contributed by atoms with van der Waals surface area (Å²) in [6, 6.07) is 4.98. The molecule has 104 valence electrons. The number of non-ortho nitro benzene ring substituents is 2. The highest BCUT2D eigenvalue weighted by molar-refractivity contribution is 7.86. The van der Waals surface area contributed by atoms with E-state index in [1.54, 1.807) is 0 Å². The lowest BCUT2D eigenvalue weighted by atomic mass is 10.1. The molecule has 0 spiro atoms. The van der Waals surface area contributed by atoms with Crippen LogP contribution in [0.2, 0.25) is 0 Å². The highest BCUT2D eigenvalue weighted by Gasteiger charge is 2.26. The van der Waals surface area contributed by atoms with Gasteiger partial charge in [-0.1, -0.05) is 12.1 Å². The fourth-order valence-corrected chi connectivity index (χ4v) is 2.56. The number of benzene rings is 2. The minimum absolute atomic E-state index is 0.282. The van der Waals surface area contributed by atoms with Gasteiger partial charge in [0.05, 0.1) is 9.85 Å². The maximum absolute atomic E-state index is 11.2. The minimum atomic E-state index is -4.66. The Kier molecular flexibility index (Phi) is 3.12. The van der Waals surface area contributed by atoms with Crippen molar-refractivity contribution >= 4 is 32.3 Å². The second-order valence-electron chi connectivity index (χ2n) is 3.77. The molecule has 0 aliphatic heterocycles. The maximum atomic E-state index is 11.2. The monoisotopic (exact) mass is 298 g/mol. The molecule has 0 aliphatic carbocycles. The molecule has 0 fully saturated rings. The lowest BCUT2D eigenvalue weighted by Gasteiger charge is -2.05. The van der Waals surface area contributed by atoms with E-state index >= 15 is 0 Å². The Labute approximate surface area is 111 Å². The summed E-state index contributed by atoms with van der Waals surface area (Å²) in [4.78, 5) is 19.5. The summed E-state index contributed by atoms with van der Waals surface area (Å²) in [5, 5.41) is 21.1. The average Bonchev–Trinajstić information content (AvgIpc) is 2.34. The predicted octanol–water partition coefficient (Wildman–Crippen LogP) is 1.90. The largest absolute Gasteiger partial charge is 0.295 e. The van der Waals surface area contributed by atoms with E-state index in [0.29, 0.717) is 0 Å². The van der Waals surface area contributed by atoms with Crippen LogP contribution >= 0.6 is 0 Å². The summed E-state index contributed by atoms with van der Waals surface area (Å²) in [5.74, 6) is 0. The number of fused-ring (bicyclic) bond motifs is 1. The molecule has 2 rings (SSSR count). The van der Waals surface area contributed by atoms with Crippen LogP contribution in [0.5, 0.6) is 0 Å². The molecule has 0 atom stereocenters. The van der Waals surface area contributed by atoms with Crippen molar-refractivity contribution in [3.8, 4) is 0 Å². The first kappa shape index (κ1) is 13.8. The van der Waals surface area contributed by atoms with Crippen molar-refractivity contribution in [1.29, 1.82) is 0 Å². The molecule has 10 heteroatoms. The SMILES string of the molecule is O=[N+]([O-])c1cccc2c(S(=O)(=O)O)ccc([N+](=O)[O-])c12. The molecule has 2 aromatic carbocycles. The van der Waals surface area contributed by atoms with Gasteiger partial charge in [0, 0.05) is 17.5 Å². The quantitative estimate of drug-likeness (QED) is 0.518. The molecule has 0 aliphatic rings. The third kappa shape index (κ3) is 2.17. The fourth-order valence-electron chi connectivity index (χ4n) is 1.87. The van der Waals surface area contributed by atoms with Gasteiger partial charge in [-0.15, -0.1) is 0 Å². The van der Waals surface area contributed by atoms with E-state index in [0.717, 1.165) is 24.3 Å². The molecular formula is C10H6N2O7S. The molecule has 0 saturated carbocycles. The van der Waals surface area contributed by atoms with E-state index in [1.165, 1.54) is 6.07 Å². The van der Waals surface area contributed by atoms with Crippen LogP contribution in [-0.4, -0.2) is 22.8 Å². The van der Waals surface area contributed by atoms with Crippen LogP contribution in [0, 0.1) is 20.2 Å². The fraction of sp³-hybridized carbons (Fsp3) is 0. The molecule has 1 N–H and O–H groups in total. The average molecular weight is 298 g/mol. The van der Waals surface area contributed by atoms with Crippen LogP contribution in [0.15, 0.2) is 35.2 Å². The Balaban J connectivity index is 3.08. The molecule has 2 aromatic rings. The second kappa shape index (κ2) is 4.51.